The minimum absolute atomic E-state index is 0.155. The number of nitriles is 1. The standard InChI is InChI=1S/C19H17N5OS/c1-13-5-7-15(8-6-13)18-22-23-19(26)24(18)10-9-17(25)21-16-4-2-3-14(11-16)12-20/h2-8,11H,9-10H2,1H3,(H,21,25)(H,23,26). The first-order chi connectivity index (χ1) is 12.6. The van der Waals surface area contributed by atoms with Gasteiger partial charge in [-0.05, 0) is 37.3 Å². The molecule has 0 aliphatic carbocycles. The highest BCUT2D eigenvalue weighted by Gasteiger charge is 2.11. The van der Waals surface area contributed by atoms with Gasteiger partial charge in [0.1, 0.15) is 0 Å². The third kappa shape index (κ3) is 4.05. The second-order valence-electron chi connectivity index (χ2n) is 5.86. The number of aromatic amines is 1. The Kier molecular flexibility index (Phi) is 5.25. The molecule has 3 rings (SSSR count). The molecule has 2 aromatic carbocycles. The minimum atomic E-state index is -0.155. The van der Waals surface area contributed by atoms with E-state index in [1.54, 1.807) is 24.3 Å². The molecule has 0 aliphatic rings. The fourth-order valence-corrected chi connectivity index (χ4v) is 2.77. The summed E-state index contributed by atoms with van der Waals surface area (Å²) in [6.45, 7) is 2.43. The van der Waals surface area contributed by atoms with Crippen LogP contribution < -0.4 is 5.32 Å². The molecular weight excluding hydrogens is 346 g/mol. The number of carbonyl (C=O) groups is 1. The van der Waals surface area contributed by atoms with Gasteiger partial charge in [0.25, 0.3) is 0 Å². The number of hydrogen-bond acceptors (Lipinski definition) is 4. The van der Waals surface area contributed by atoms with Crippen molar-refractivity contribution in [1.29, 1.82) is 5.26 Å². The summed E-state index contributed by atoms with van der Waals surface area (Å²) in [4.78, 5) is 12.2. The summed E-state index contributed by atoms with van der Waals surface area (Å²) in [5, 5.41) is 18.8. The third-order valence-corrected chi connectivity index (χ3v) is 4.22. The Bertz CT molecular complexity index is 1030. The van der Waals surface area contributed by atoms with E-state index in [1.165, 1.54) is 0 Å². The molecule has 0 bridgehead atoms. The predicted octanol–water partition coefficient (Wildman–Crippen LogP) is 3.82. The number of hydrogen-bond donors (Lipinski definition) is 2. The van der Waals surface area contributed by atoms with Crippen LogP contribution in [0.1, 0.15) is 17.5 Å². The quantitative estimate of drug-likeness (QED) is 0.675. The first-order valence-electron chi connectivity index (χ1n) is 8.09. The molecule has 1 amide bonds. The fraction of sp³-hybridized carbons (Fsp3) is 0.158. The van der Waals surface area contributed by atoms with Crippen molar-refractivity contribution < 1.29 is 4.79 Å². The highest BCUT2D eigenvalue weighted by atomic mass is 32.1. The van der Waals surface area contributed by atoms with Crippen molar-refractivity contribution in [3.8, 4) is 17.5 Å². The van der Waals surface area contributed by atoms with Crippen molar-refractivity contribution in [1.82, 2.24) is 14.8 Å². The van der Waals surface area contributed by atoms with Gasteiger partial charge in [-0.1, -0.05) is 35.9 Å². The lowest BCUT2D eigenvalue weighted by molar-refractivity contribution is -0.116. The lowest BCUT2D eigenvalue weighted by Gasteiger charge is -2.08. The Labute approximate surface area is 156 Å². The van der Waals surface area contributed by atoms with Gasteiger partial charge in [0.15, 0.2) is 10.6 Å². The summed E-state index contributed by atoms with van der Waals surface area (Å²) in [5.74, 6) is 0.548. The molecule has 6 nitrogen and oxygen atoms in total. The van der Waals surface area contributed by atoms with Crippen molar-refractivity contribution in [3.63, 3.8) is 0 Å². The van der Waals surface area contributed by atoms with Crippen LogP contribution in [0.3, 0.4) is 0 Å². The molecule has 7 heteroatoms. The number of rotatable bonds is 5. The number of H-pyrrole nitrogens is 1. The Balaban J connectivity index is 1.71. The van der Waals surface area contributed by atoms with E-state index >= 15 is 0 Å². The lowest BCUT2D eigenvalue weighted by Crippen LogP contribution is -2.15. The molecule has 0 spiro atoms. The fourth-order valence-electron chi connectivity index (χ4n) is 2.55. The van der Waals surface area contributed by atoms with E-state index in [4.69, 9.17) is 17.5 Å². The lowest BCUT2D eigenvalue weighted by atomic mass is 10.1. The number of nitrogens with zero attached hydrogens (tertiary/aromatic N) is 3. The molecule has 0 radical (unpaired) electrons. The summed E-state index contributed by atoms with van der Waals surface area (Å²) in [6.07, 6.45) is 0.240. The number of aromatic nitrogens is 3. The van der Waals surface area contributed by atoms with Crippen LogP contribution in [0.25, 0.3) is 11.4 Å². The van der Waals surface area contributed by atoms with E-state index in [0.29, 0.717) is 28.4 Å². The van der Waals surface area contributed by atoms with E-state index < -0.39 is 0 Å². The summed E-state index contributed by atoms with van der Waals surface area (Å²) >= 11 is 5.29. The molecule has 3 aromatic rings. The van der Waals surface area contributed by atoms with Crippen molar-refractivity contribution >= 4 is 23.8 Å². The Morgan fingerprint density at radius 2 is 2.08 bits per heavy atom. The Hall–Kier alpha value is -3.24. The van der Waals surface area contributed by atoms with Gasteiger partial charge in [0.05, 0.1) is 11.6 Å². The number of carbonyl (C=O) groups excluding carboxylic acids is 1. The molecular formula is C19H17N5OS. The number of benzene rings is 2. The van der Waals surface area contributed by atoms with E-state index in [1.807, 2.05) is 35.8 Å². The number of amides is 1. The molecule has 0 unspecified atom stereocenters. The summed E-state index contributed by atoms with van der Waals surface area (Å²) in [7, 11) is 0. The van der Waals surface area contributed by atoms with Gasteiger partial charge in [-0.25, -0.2) is 0 Å². The molecule has 0 fully saturated rings. The molecule has 1 aromatic heterocycles. The van der Waals surface area contributed by atoms with Gasteiger partial charge in [-0.15, -0.1) is 0 Å². The van der Waals surface area contributed by atoms with Gasteiger partial charge < -0.3 is 5.32 Å². The molecule has 0 saturated carbocycles. The number of anilines is 1. The Morgan fingerprint density at radius 3 is 2.81 bits per heavy atom. The molecule has 2 N–H and O–H groups in total. The SMILES string of the molecule is Cc1ccc(-c2n[nH]c(=S)n2CCC(=O)Nc2cccc(C#N)c2)cc1. The van der Waals surface area contributed by atoms with Crippen molar-refractivity contribution in [2.24, 2.45) is 0 Å². The second kappa shape index (κ2) is 7.76. The number of aryl methyl sites for hydroxylation is 1. The molecule has 26 heavy (non-hydrogen) atoms. The maximum absolute atomic E-state index is 12.2. The average molecular weight is 363 g/mol. The van der Waals surface area contributed by atoms with E-state index in [9.17, 15) is 4.79 Å². The van der Waals surface area contributed by atoms with E-state index in [0.717, 1.165) is 11.1 Å². The van der Waals surface area contributed by atoms with Gasteiger partial charge >= 0.3 is 0 Å². The smallest absolute Gasteiger partial charge is 0.226 e. The normalized spacial score (nSPS) is 10.3. The maximum atomic E-state index is 12.2. The van der Waals surface area contributed by atoms with Gasteiger partial charge in [-0.2, -0.15) is 10.4 Å². The molecule has 0 atom stereocenters. The molecule has 1 heterocycles. The summed E-state index contributed by atoms with van der Waals surface area (Å²) in [6, 6.07) is 16.8. The zero-order chi connectivity index (χ0) is 18.5. The summed E-state index contributed by atoms with van der Waals surface area (Å²) < 4.78 is 2.28. The zero-order valence-electron chi connectivity index (χ0n) is 14.2. The van der Waals surface area contributed by atoms with Crippen LogP contribution in [-0.4, -0.2) is 20.7 Å². The van der Waals surface area contributed by atoms with Crippen molar-refractivity contribution in [2.45, 2.75) is 19.9 Å². The monoisotopic (exact) mass is 363 g/mol. The topological polar surface area (TPSA) is 86.5 Å². The first kappa shape index (κ1) is 17.6. The highest BCUT2D eigenvalue weighted by molar-refractivity contribution is 7.71. The predicted molar refractivity (Wildman–Crippen MR) is 102 cm³/mol. The Morgan fingerprint density at radius 1 is 1.31 bits per heavy atom. The molecule has 0 aliphatic heterocycles. The van der Waals surface area contributed by atoms with E-state index in [2.05, 4.69) is 21.6 Å². The molecule has 130 valence electrons. The van der Waals surface area contributed by atoms with Crippen LogP contribution in [0, 0.1) is 23.0 Å². The second-order valence-corrected chi connectivity index (χ2v) is 6.25. The maximum Gasteiger partial charge on any atom is 0.226 e. The van der Waals surface area contributed by atoms with Crippen molar-refractivity contribution in [3.05, 3.63) is 64.4 Å². The first-order valence-corrected chi connectivity index (χ1v) is 8.50. The average Bonchev–Trinajstić information content (AvgIpc) is 3.01. The van der Waals surface area contributed by atoms with Crippen LogP contribution in [0.5, 0.6) is 0 Å². The third-order valence-electron chi connectivity index (χ3n) is 3.91. The van der Waals surface area contributed by atoms with Crippen LogP contribution in [0.4, 0.5) is 5.69 Å². The minimum Gasteiger partial charge on any atom is -0.326 e. The highest BCUT2D eigenvalue weighted by Crippen LogP contribution is 2.18. The van der Waals surface area contributed by atoms with Crippen LogP contribution in [0.15, 0.2) is 48.5 Å². The van der Waals surface area contributed by atoms with Gasteiger partial charge in [-0.3, -0.25) is 14.5 Å². The van der Waals surface area contributed by atoms with Crippen LogP contribution >= 0.6 is 12.2 Å². The van der Waals surface area contributed by atoms with Gasteiger partial charge in [0, 0.05) is 24.2 Å². The molecule has 0 saturated heterocycles. The van der Waals surface area contributed by atoms with E-state index in [-0.39, 0.29) is 12.3 Å². The van der Waals surface area contributed by atoms with Crippen LogP contribution in [-0.2, 0) is 11.3 Å². The van der Waals surface area contributed by atoms with Gasteiger partial charge in [0.2, 0.25) is 5.91 Å². The zero-order valence-corrected chi connectivity index (χ0v) is 15.0. The van der Waals surface area contributed by atoms with Crippen LogP contribution in [0.2, 0.25) is 0 Å². The largest absolute Gasteiger partial charge is 0.326 e. The number of nitrogens with one attached hydrogen (secondary N) is 2. The summed E-state index contributed by atoms with van der Waals surface area (Å²) in [5.41, 5.74) is 3.20. The van der Waals surface area contributed by atoms with Crippen molar-refractivity contribution in [2.75, 3.05) is 5.32 Å².